The largest absolute Gasteiger partial charge is 0.387 e. The van der Waals surface area contributed by atoms with Crippen molar-refractivity contribution >= 4 is 10.2 Å². The number of hydrogen-bond donors (Lipinski definition) is 1. The van der Waals surface area contributed by atoms with Gasteiger partial charge in [-0.05, 0) is 17.7 Å². The molecule has 6 nitrogen and oxygen atoms in total. The average Bonchev–Trinajstić information content (AvgIpc) is 2.48. The summed E-state index contributed by atoms with van der Waals surface area (Å²) in [5.74, 6) is -0.335. The molecule has 0 radical (unpaired) electrons. The number of halogens is 1. The molecule has 0 bridgehead atoms. The summed E-state index contributed by atoms with van der Waals surface area (Å²) < 4.78 is 39.5. The Morgan fingerprint density at radius 2 is 1.73 bits per heavy atom. The van der Waals surface area contributed by atoms with Gasteiger partial charge in [0.15, 0.2) is 0 Å². The van der Waals surface area contributed by atoms with Crippen LogP contribution in [0.25, 0.3) is 0 Å². The van der Waals surface area contributed by atoms with Crippen LogP contribution in [0.15, 0.2) is 24.3 Å². The van der Waals surface area contributed by atoms with Gasteiger partial charge in [-0.25, -0.2) is 4.39 Å². The summed E-state index contributed by atoms with van der Waals surface area (Å²) in [4.78, 5) is 2.01. The minimum Gasteiger partial charge on any atom is -0.387 e. The van der Waals surface area contributed by atoms with Crippen molar-refractivity contribution in [3.8, 4) is 0 Å². The van der Waals surface area contributed by atoms with Crippen LogP contribution in [0.4, 0.5) is 4.39 Å². The molecule has 1 aliphatic heterocycles. The standard InChI is InChI=1S/C14H22FN3O3S/c1-16(2)22(20,21)18-9-7-17(8-10-18)11-14(19)12-3-5-13(15)6-4-12/h3-6,14,19H,7-11H2,1-2H3. The fourth-order valence-corrected chi connectivity index (χ4v) is 3.50. The number of nitrogens with zero attached hydrogens (tertiary/aromatic N) is 3. The van der Waals surface area contributed by atoms with Gasteiger partial charge in [0.05, 0.1) is 6.10 Å². The number of aliphatic hydroxyl groups is 1. The summed E-state index contributed by atoms with van der Waals surface area (Å²) >= 11 is 0. The van der Waals surface area contributed by atoms with E-state index in [-0.39, 0.29) is 5.82 Å². The smallest absolute Gasteiger partial charge is 0.281 e. The lowest BCUT2D eigenvalue weighted by Gasteiger charge is -2.35. The molecule has 1 aliphatic rings. The van der Waals surface area contributed by atoms with Crippen LogP contribution in [0, 0.1) is 5.82 Å². The van der Waals surface area contributed by atoms with Crippen molar-refractivity contribution in [2.75, 3.05) is 46.8 Å². The van der Waals surface area contributed by atoms with E-state index in [4.69, 9.17) is 0 Å². The van der Waals surface area contributed by atoms with Gasteiger partial charge in [0.2, 0.25) is 0 Å². The molecule has 8 heteroatoms. The van der Waals surface area contributed by atoms with Crippen LogP contribution in [-0.4, -0.2) is 73.9 Å². The first-order valence-electron chi connectivity index (χ1n) is 7.14. The molecule has 1 N–H and O–H groups in total. The fraction of sp³-hybridized carbons (Fsp3) is 0.571. The van der Waals surface area contributed by atoms with Crippen LogP contribution in [-0.2, 0) is 10.2 Å². The highest BCUT2D eigenvalue weighted by Crippen LogP contribution is 2.17. The van der Waals surface area contributed by atoms with E-state index in [0.29, 0.717) is 38.3 Å². The van der Waals surface area contributed by atoms with Crippen molar-refractivity contribution in [3.05, 3.63) is 35.6 Å². The Morgan fingerprint density at radius 1 is 1.18 bits per heavy atom. The van der Waals surface area contributed by atoms with E-state index in [2.05, 4.69) is 0 Å². The van der Waals surface area contributed by atoms with Gasteiger partial charge >= 0.3 is 0 Å². The van der Waals surface area contributed by atoms with Crippen LogP contribution in [0.2, 0.25) is 0 Å². The monoisotopic (exact) mass is 331 g/mol. The first-order chi connectivity index (χ1) is 10.3. The Labute approximate surface area is 130 Å². The lowest BCUT2D eigenvalue weighted by molar-refractivity contribution is 0.0911. The maximum atomic E-state index is 12.9. The topological polar surface area (TPSA) is 64.1 Å². The Bertz CT molecular complexity index is 584. The molecule has 1 aromatic carbocycles. The fourth-order valence-electron chi connectivity index (χ4n) is 2.41. The third-order valence-electron chi connectivity index (χ3n) is 3.80. The minimum absolute atomic E-state index is 0.335. The third kappa shape index (κ3) is 4.02. The van der Waals surface area contributed by atoms with E-state index in [1.807, 2.05) is 4.90 Å². The zero-order valence-corrected chi connectivity index (χ0v) is 13.6. The van der Waals surface area contributed by atoms with E-state index in [1.54, 1.807) is 12.1 Å². The van der Waals surface area contributed by atoms with Crippen molar-refractivity contribution in [3.63, 3.8) is 0 Å². The second kappa shape index (κ2) is 7.01. The Balaban J connectivity index is 1.88. The van der Waals surface area contributed by atoms with Crippen LogP contribution in [0.3, 0.4) is 0 Å². The molecular formula is C14H22FN3O3S. The molecule has 124 valence electrons. The Hall–Kier alpha value is -1.06. The maximum Gasteiger partial charge on any atom is 0.281 e. The van der Waals surface area contributed by atoms with Crippen molar-refractivity contribution in [2.45, 2.75) is 6.10 Å². The van der Waals surface area contributed by atoms with Crippen molar-refractivity contribution in [2.24, 2.45) is 0 Å². The van der Waals surface area contributed by atoms with Gasteiger partial charge in [-0.15, -0.1) is 0 Å². The minimum atomic E-state index is -3.37. The highest BCUT2D eigenvalue weighted by Gasteiger charge is 2.29. The van der Waals surface area contributed by atoms with Crippen LogP contribution in [0.1, 0.15) is 11.7 Å². The second-order valence-corrected chi connectivity index (χ2v) is 7.70. The molecule has 0 saturated carbocycles. The molecule has 0 spiro atoms. The summed E-state index contributed by atoms with van der Waals surface area (Å²) in [6.45, 7) is 2.32. The highest BCUT2D eigenvalue weighted by molar-refractivity contribution is 7.86. The second-order valence-electron chi connectivity index (χ2n) is 5.56. The van der Waals surface area contributed by atoms with Gasteiger partial charge in [-0.2, -0.15) is 17.0 Å². The molecule has 1 heterocycles. The van der Waals surface area contributed by atoms with Gasteiger partial charge in [-0.1, -0.05) is 12.1 Å². The van der Waals surface area contributed by atoms with Gasteiger partial charge in [0, 0.05) is 46.8 Å². The van der Waals surface area contributed by atoms with Gasteiger partial charge in [0.25, 0.3) is 10.2 Å². The molecule has 22 heavy (non-hydrogen) atoms. The van der Waals surface area contributed by atoms with E-state index in [9.17, 15) is 17.9 Å². The van der Waals surface area contributed by atoms with Gasteiger partial charge in [-0.3, -0.25) is 4.90 Å². The van der Waals surface area contributed by atoms with Crippen molar-refractivity contribution in [1.29, 1.82) is 0 Å². The zero-order valence-electron chi connectivity index (χ0n) is 12.8. The van der Waals surface area contributed by atoms with Crippen LogP contribution >= 0.6 is 0 Å². The molecule has 2 rings (SSSR count). The zero-order chi connectivity index (χ0) is 16.3. The predicted molar refractivity (Wildman–Crippen MR) is 82.0 cm³/mol. The molecule has 0 aromatic heterocycles. The summed E-state index contributed by atoms with van der Waals surface area (Å²) in [5, 5.41) is 10.2. The number of aliphatic hydroxyl groups excluding tert-OH is 1. The Kier molecular flexibility index (Phi) is 5.51. The number of hydrogen-bond acceptors (Lipinski definition) is 4. The van der Waals surface area contributed by atoms with Gasteiger partial charge in [0.1, 0.15) is 5.82 Å². The SMILES string of the molecule is CN(C)S(=O)(=O)N1CCN(CC(O)c2ccc(F)cc2)CC1. The molecule has 1 saturated heterocycles. The van der Waals surface area contributed by atoms with E-state index in [0.717, 1.165) is 0 Å². The molecule has 1 unspecified atom stereocenters. The quantitative estimate of drug-likeness (QED) is 0.842. The lowest BCUT2D eigenvalue weighted by atomic mass is 10.1. The number of piperazine rings is 1. The van der Waals surface area contributed by atoms with Crippen molar-refractivity contribution < 1.29 is 17.9 Å². The molecule has 1 atom stereocenters. The first kappa shape index (κ1) is 17.3. The summed E-state index contributed by atoms with van der Waals surface area (Å²) in [6.07, 6.45) is -0.711. The van der Waals surface area contributed by atoms with Crippen LogP contribution < -0.4 is 0 Å². The molecule has 0 aliphatic carbocycles. The maximum absolute atomic E-state index is 12.9. The Morgan fingerprint density at radius 3 is 2.23 bits per heavy atom. The first-order valence-corrected chi connectivity index (χ1v) is 8.54. The third-order valence-corrected chi connectivity index (χ3v) is 5.75. The van der Waals surface area contributed by atoms with Gasteiger partial charge < -0.3 is 5.11 Å². The number of rotatable bonds is 5. The average molecular weight is 331 g/mol. The van der Waals surface area contributed by atoms with E-state index >= 15 is 0 Å². The molecule has 1 fully saturated rings. The summed E-state index contributed by atoms with van der Waals surface area (Å²) in [7, 11) is -0.345. The van der Waals surface area contributed by atoms with Crippen molar-refractivity contribution in [1.82, 2.24) is 13.5 Å². The highest BCUT2D eigenvalue weighted by atomic mass is 32.2. The molecule has 0 amide bonds. The molecule has 1 aromatic rings. The van der Waals surface area contributed by atoms with Crippen LogP contribution in [0.5, 0.6) is 0 Å². The lowest BCUT2D eigenvalue weighted by Crippen LogP contribution is -2.52. The number of benzene rings is 1. The normalized spacial score (nSPS) is 19.5. The number of β-amino-alcohol motifs (C(OH)–C–C–N with tert-alkyl or cyclic N) is 1. The van der Waals surface area contributed by atoms with E-state index < -0.39 is 16.3 Å². The predicted octanol–water partition coefficient (Wildman–Crippen LogP) is 0.283. The molecular weight excluding hydrogens is 309 g/mol. The summed E-state index contributed by atoms with van der Waals surface area (Å²) in [5.41, 5.74) is 0.657. The summed E-state index contributed by atoms with van der Waals surface area (Å²) in [6, 6.07) is 5.76. The van der Waals surface area contributed by atoms with E-state index in [1.165, 1.54) is 34.8 Å².